The Morgan fingerprint density at radius 2 is 1.63 bits per heavy atom. The summed E-state index contributed by atoms with van der Waals surface area (Å²) in [5.41, 5.74) is 0.448. The molecule has 0 heterocycles. The van der Waals surface area contributed by atoms with Gasteiger partial charge in [-0.05, 0) is 23.8 Å². The lowest BCUT2D eigenvalue weighted by molar-refractivity contribution is 0.210. The van der Waals surface area contributed by atoms with E-state index in [4.69, 9.17) is 5.11 Å². The average Bonchev–Trinajstić information content (AvgIpc) is 2.35. The van der Waals surface area contributed by atoms with Crippen molar-refractivity contribution in [2.45, 2.75) is 0 Å². The van der Waals surface area contributed by atoms with Crippen LogP contribution in [0.2, 0.25) is 0 Å². The van der Waals surface area contributed by atoms with E-state index < -0.39 is 23.5 Å². The maximum Gasteiger partial charge on any atom is 0.409 e. The number of anilines is 1. The highest BCUT2D eigenvalue weighted by Gasteiger charge is 2.14. The van der Waals surface area contributed by atoms with Crippen molar-refractivity contribution in [3.05, 3.63) is 53.8 Å². The molecule has 2 aromatic carbocycles. The lowest BCUT2D eigenvalue weighted by Crippen LogP contribution is -2.08. The first kappa shape index (κ1) is 12.9. The number of nitrogens with one attached hydrogen (secondary N) is 1. The van der Waals surface area contributed by atoms with E-state index in [1.54, 1.807) is 12.1 Å². The molecule has 98 valence electrons. The van der Waals surface area contributed by atoms with Crippen LogP contribution in [0.4, 0.5) is 23.7 Å². The fraction of sp³-hybridized carbons (Fsp3) is 0. The van der Waals surface area contributed by atoms with Gasteiger partial charge in [-0.1, -0.05) is 18.2 Å². The first-order valence-corrected chi connectivity index (χ1v) is 5.23. The molecule has 2 N–H and O–H groups in total. The highest BCUT2D eigenvalue weighted by Crippen LogP contribution is 2.29. The van der Waals surface area contributed by atoms with Crippen molar-refractivity contribution in [2.75, 3.05) is 5.32 Å². The highest BCUT2D eigenvalue weighted by atomic mass is 19.2. The average molecular weight is 267 g/mol. The molecule has 0 aliphatic heterocycles. The van der Waals surface area contributed by atoms with Gasteiger partial charge < -0.3 is 5.11 Å². The zero-order valence-corrected chi connectivity index (χ0v) is 9.45. The summed E-state index contributed by atoms with van der Waals surface area (Å²) in [5.74, 6) is -4.23. The van der Waals surface area contributed by atoms with E-state index in [1.165, 1.54) is 12.1 Å². The zero-order chi connectivity index (χ0) is 14.0. The number of carboxylic acid groups (broad SMARTS) is 1. The summed E-state index contributed by atoms with van der Waals surface area (Å²) >= 11 is 0. The van der Waals surface area contributed by atoms with Crippen LogP contribution in [0.5, 0.6) is 0 Å². The molecule has 3 nitrogen and oxygen atoms in total. The highest BCUT2D eigenvalue weighted by molar-refractivity contribution is 5.90. The second-order valence-corrected chi connectivity index (χ2v) is 3.73. The van der Waals surface area contributed by atoms with Gasteiger partial charge in [0.05, 0.1) is 5.69 Å². The predicted molar refractivity (Wildman–Crippen MR) is 63.4 cm³/mol. The molecule has 6 heteroatoms. The Labute approximate surface area is 106 Å². The van der Waals surface area contributed by atoms with Crippen LogP contribution >= 0.6 is 0 Å². The lowest BCUT2D eigenvalue weighted by Gasteiger charge is -2.09. The summed E-state index contributed by atoms with van der Waals surface area (Å²) in [5, 5.41) is 10.8. The van der Waals surface area contributed by atoms with E-state index in [9.17, 15) is 18.0 Å². The smallest absolute Gasteiger partial charge is 0.409 e. The van der Waals surface area contributed by atoms with E-state index >= 15 is 0 Å². The minimum atomic E-state index is -1.56. The zero-order valence-electron chi connectivity index (χ0n) is 9.45. The molecular formula is C13H8F3NO2. The Hall–Kier alpha value is -2.50. The molecule has 0 saturated carbocycles. The van der Waals surface area contributed by atoms with Gasteiger partial charge in [0.15, 0.2) is 17.5 Å². The summed E-state index contributed by atoms with van der Waals surface area (Å²) in [4.78, 5) is 10.6. The first-order valence-electron chi connectivity index (χ1n) is 5.23. The van der Waals surface area contributed by atoms with Gasteiger partial charge in [0.25, 0.3) is 0 Å². The second kappa shape index (κ2) is 5.01. The Balaban J connectivity index is 2.56. The summed E-state index contributed by atoms with van der Waals surface area (Å²) in [6, 6.07) is 7.65. The van der Waals surface area contributed by atoms with E-state index in [-0.39, 0.29) is 16.8 Å². The molecule has 0 aliphatic rings. The van der Waals surface area contributed by atoms with Crippen LogP contribution in [-0.2, 0) is 0 Å². The Kier molecular flexibility index (Phi) is 3.41. The molecule has 0 aromatic heterocycles. The summed E-state index contributed by atoms with van der Waals surface area (Å²) < 4.78 is 39.2. The SMILES string of the molecule is O=C(O)Nc1ccccc1-c1cc(F)c(F)c(F)c1. The maximum atomic E-state index is 13.2. The molecule has 2 rings (SSSR count). The topological polar surface area (TPSA) is 49.3 Å². The normalized spacial score (nSPS) is 10.3. The number of hydrogen-bond acceptors (Lipinski definition) is 1. The largest absolute Gasteiger partial charge is 0.465 e. The van der Waals surface area contributed by atoms with E-state index in [2.05, 4.69) is 5.32 Å². The predicted octanol–water partition coefficient (Wildman–Crippen LogP) is 3.86. The van der Waals surface area contributed by atoms with Gasteiger partial charge in [0.1, 0.15) is 0 Å². The van der Waals surface area contributed by atoms with Gasteiger partial charge in [-0.25, -0.2) is 18.0 Å². The third kappa shape index (κ3) is 2.67. The summed E-state index contributed by atoms with van der Waals surface area (Å²) in [7, 11) is 0. The fourth-order valence-electron chi connectivity index (χ4n) is 1.67. The van der Waals surface area contributed by atoms with Crippen LogP contribution in [0.25, 0.3) is 11.1 Å². The third-order valence-electron chi connectivity index (χ3n) is 2.46. The first-order chi connectivity index (χ1) is 8.99. The molecule has 0 saturated heterocycles. The van der Waals surface area contributed by atoms with Gasteiger partial charge in [-0.2, -0.15) is 0 Å². The van der Waals surface area contributed by atoms with Gasteiger partial charge in [0, 0.05) is 5.56 Å². The van der Waals surface area contributed by atoms with Crippen LogP contribution in [0.3, 0.4) is 0 Å². The number of halogens is 3. The molecule has 0 atom stereocenters. The van der Waals surface area contributed by atoms with Crippen LogP contribution in [0.15, 0.2) is 36.4 Å². The second-order valence-electron chi connectivity index (χ2n) is 3.73. The molecule has 0 fully saturated rings. The standard InChI is InChI=1S/C13H8F3NO2/c14-9-5-7(6-10(15)12(9)16)8-3-1-2-4-11(8)17-13(18)19/h1-6,17H,(H,18,19). The molecular weight excluding hydrogens is 259 g/mol. The van der Waals surface area contributed by atoms with Crippen LogP contribution in [0, 0.1) is 17.5 Å². The number of benzene rings is 2. The van der Waals surface area contributed by atoms with E-state index in [0.717, 1.165) is 12.1 Å². The Bertz CT molecular complexity index is 621. The minimum Gasteiger partial charge on any atom is -0.465 e. The molecule has 0 unspecified atom stereocenters. The van der Waals surface area contributed by atoms with Crippen LogP contribution in [-0.4, -0.2) is 11.2 Å². The monoisotopic (exact) mass is 267 g/mol. The number of amides is 1. The van der Waals surface area contributed by atoms with Crippen molar-refractivity contribution >= 4 is 11.8 Å². The van der Waals surface area contributed by atoms with Crippen molar-refractivity contribution in [1.29, 1.82) is 0 Å². The van der Waals surface area contributed by atoms with E-state index in [1.807, 2.05) is 0 Å². The third-order valence-corrected chi connectivity index (χ3v) is 2.46. The maximum absolute atomic E-state index is 13.2. The molecule has 0 spiro atoms. The quantitative estimate of drug-likeness (QED) is 0.812. The van der Waals surface area contributed by atoms with Crippen molar-refractivity contribution in [1.82, 2.24) is 0 Å². The Morgan fingerprint density at radius 1 is 1.05 bits per heavy atom. The number of para-hydroxylation sites is 1. The molecule has 2 aromatic rings. The number of hydrogen-bond donors (Lipinski definition) is 2. The lowest BCUT2D eigenvalue weighted by atomic mass is 10.0. The number of carbonyl (C=O) groups is 1. The molecule has 1 amide bonds. The molecule has 0 aliphatic carbocycles. The summed E-state index contributed by atoms with van der Waals surface area (Å²) in [6.07, 6.45) is -1.31. The van der Waals surface area contributed by atoms with Crippen molar-refractivity contribution in [2.24, 2.45) is 0 Å². The van der Waals surface area contributed by atoms with Gasteiger partial charge >= 0.3 is 6.09 Å². The van der Waals surface area contributed by atoms with Gasteiger partial charge in [-0.3, -0.25) is 5.32 Å². The van der Waals surface area contributed by atoms with Crippen molar-refractivity contribution in [3.63, 3.8) is 0 Å². The summed E-state index contributed by atoms with van der Waals surface area (Å²) in [6.45, 7) is 0. The molecule has 19 heavy (non-hydrogen) atoms. The van der Waals surface area contributed by atoms with Gasteiger partial charge in [0.2, 0.25) is 0 Å². The van der Waals surface area contributed by atoms with Crippen molar-refractivity contribution < 1.29 is 23.1 Å². The molecule has 0 radical (unpaired) electrons. The van der Waals surface area contributed by atoms with Gasteiger partial charge in [-0.15, -0.1) is 0 Å². The number of rotatable bonds is 2. The fourth-order valence-corrected chi connectivity index (χ4v) is 1.67. The van der Waals surface area contributed by atoms with Crippen LogP contribution in [0.1, 0.15) is 0 Å². The van der Waals surface area contributed by atoms with Crippen molar-refractivity contribution in [3.8, 4) is 11.1 Å². The Morgan fingerprint density at radius 3 is 2.21 bits per heavy atom. The minimum absolute atomic E-state index is 0.0424. The van der Waals surface area contributed by atoms with Crippen LogP contribution < -0.4 is 5.32 Å². The molecule has 0 bridgehead atoms. The van der Waals surface area contributed by atoms with E-state index in [0.29, 0.717) is 0 Å².